The number of aromatic amines is 1. The number of nitrogens with one attached hydrogen (secondary N) is 1. The molecule has 1 aromatic rings. The molecule has 2 nitrogen and oxygen atoms in total. The summed E-state index contributed by atoms with van der Waals surface area (Å²) in [6.07, 6.45) is 2.14. The van der Waals surface area contributed by atoms with Crippen LogP contribution < -0.4 is 0 Å². The number of aromatic nitrogens is 2. The van der Waals surface area contributed by atoms with Crippen LogP contribution in [0.25, 0.3) is 0 Å². The third-order valence-electron chi connectivity index (χ3n) is 0.950. The summed E-state index contributed by atoms with van der Waals surface area (Å²) in [5, 5.41) is 0. The molecule has 0 bridgehead atoms. The zero-order chi connectivity index (χ0) is 6.69. The zero-order valence-corrected chi connectivity index (χ0v) is 6.85. The van der Waals surface area contributed by atoms with E-state index in [-0.39, 0.29) is 6.67 Å². The molecule has 0 amide bonds. The lowest BCUT2D eigenvalue weighted by Crippen LogP contribution is -1.85. The number of rotatable bonds is 2. The number of alkyl halides is 1. The van der Waals surface area contributed by atoms with Crippen molar-refractivity contribution < 1.29 is 4.39 Å². The molecule has 0 aliphatic rings. The van der Waals surface area contributed by atoms with E-state index in [1.54, 1.807) is 6.20 Å². The Bertz CT molecular complexity index is 187. The van der Waals surface area contributed by atoms with Gasteiger partial charge in [-0.2, -0.15) is 0 Å². The fourth-order valence-electron chi connectivity index (χ4n) is 0.558. The smallest absolute Gasteiger partial charge is 0.168 e. The van der Waals surface area contributed by atoms with Crippen LogP contribution in [0.5, 0.6) is 0 Å². The van der Waals surface area contributed by atoms with E-state index in [1.807, 2.05) is 0 Å². The Hall–Kier alpha value is -0.130. The summed E-state index contributed by atoms with van der Waals surface area (Å²) in [4.78, 5) is 6.85. The highest BCUT2D eigenvalue weighted by Gasteiger charge is 1.95. The van der Waals surface area contributed by atoms with Gasteiger partial charge in [-0.15, -0.1) is 0 Å². The average molecular weight is 240 g/mol. The summed E-state index contributed by atoms with van der Waals surface area (Å²) in [5.74, 6) is 0. The molecule has 0 atom stereocenters. The molecular weight excluding hydrogens is 234 g/mol. The van der Waals surface area contributed by atoms with E-state index in [9.17, 15) is 4.39 Å². The topological polar surface area (TPSA) is 28.7 Å². The largest absolute Gasteiger partial charge is 0.340 e. The number of H-pyrrole nitrogens is 1. The highest BCUT2D eigenvalue weighted by Crippen LogP contribution is 2.00. The molecule has 0 aromatic carbocycles. The minimum absolute atomic E-state index is 0.332. The summed E-state index contributed by atoms with van der Waals surface area (Å²) >= 11 is 2.05. The van der Waals surface area contributed by atoms with E-state index in [4.69, 9.17) is 0 Å². The van der Waals surface area contributed by atoms with Gasteiger partial charge in [-0.3, -0.25) is 4.39 Å². The van der Waals surface area contributed by atoms with Crippen molar-refractivity contribution in [2.75, 3.05) is 6.67 Å². The minimum Gasteiger partial charge on any atom is -0.340 e. The molecule has 1 N–H and O–H groups in total. The van der Waals surface area contributed by atoms with Crippen molar-refractivity contribution in [1.82, 2.24) is 9.97 Å². The van der Waals surface area contributed by atoms with Crippen LogP contribution in [0.4, 0.5) is 4.39 Å². The molecule has 0 aliphatic carbocycles. The predicted octanol–water partition coefficient (Wildman–Crippen LogP) is 1.53. The highest BCUT2D eigenvalue weighted by atomic mass is 127. The minimum atomic E-state index is -0.332. The van der Waals surface area contributed by atoms with Gasteiger partial charge in [0.1, 0.15) is 0 Å². The first kappa shape index (κ1) is 6.98. The molecule has 1 heterocycles. The van der Waals surface area contributed by atoms with Crippen LogP contribution in [0.1, 0.15) is 5.69 Å². The first-order valence-electron chi connectivity index (χ1n) is 2.58. The Morgan fingerprint density at radius 3 is 3.00 bits per heavy atom. The van der Waals surface area contributed by atoms with Crippen molar-refractivity contribution in [2.45, 2.75) is 6.42 Å². The first-order valence-corrected chi connectivity index (χ1v) is 3.66. The molecule has 0 radical (unpaired) electrons. The number of hydrogen-bond donors (Lipinski definition) is 1. The van der Waals surface area contributed by atoms with Gasteiger partial charge in [0, 0.05) is 12.6 Å². The Balaban J connectivity index is 2.61. The van der Waals surface area contributed by atoms with Crippen molar-refractivity contribution in [3.05, 3.63) is 15.7 Å². The molecule has 9 heavy (non-hydrogen) atoms. The van der Waals surface area contributed by atoms with E-state index in [0.29, 0.717) is 6.42 Å². The summed E-state index contributed by atoms with van der Waals surface area (Å²) in [6, 6.07) is 0. The lowest BCUT2D eigenvalue weighted by Gasteiger charge is -1.82. The Morgan fingerprint density at radius 2 is 2.56 bits per heavy atom. The molecule has 0 fully saturated rings. The normalized spacial score (nSPS) is 10.0. The molecule has 0 spiro atoms. The van der Waals surface area contributed by atoms with Crippen LogP contribution >= 0.6 is 22.6 Å². The monoisotopic (exact) mass is 240 g/mol. The second-order valence-electron chi connectivity index (χ2n) is 1.62. The van der Waals surface area contributed by atoms with Gasteiger partial charge in [0.25, 0.3) is 0 Å². The summed E-state index contributed by atoms with van der Waals surface area (Å²) in [6.45, 7) is -0.332. The molecular formula is C5H6FIN2. The molecule has 0 aliphatic heterocycles. The van der Waals surface area contributed by atoms with Crippen LogP contribution in [0.3, 0.4) is 0 Å². The highest BCUT2D eigenvalue weighted by molar-refractivity contribution is 14.1. The van der Waals surface area contributed by atoms with E-state index in [2.05, 4.69) is 32.6 Å². The van der Waals surface area contributed by atoms with Crippen molar-refractivity contribution in [2.24, 2.45) is 0 Å². The quantitative estimate of drug-likeness (QED) is 0.780. The second-order valence-corrected chi connectivity index (χ2v) is 2.64. The van der Waals surface area contributed by atoms with Gasteiger partial charge in [-0.1, -0.05) is 0 Å². The van der Waals surface area contributed by atoms with Crippen LogP contribution in [0, 0.1) is 3.83 Å². The Morgan fingerprint density at radius 1 is 1.78 bits per heavy atom. The van der Waals surface area contributed by atoms with E-state index >= 15 is 0 Å². The first-order chi connectivity index (χ1) is 4.33. The van der Waals surface area contributed by atoms with Crippen LogP contribution in [0.15, 0.2) is 6.20 Å². The molecule has 50 valence electrons. The maximum absolute atomic E-state index is 11.6. The van der Waals surface area contributed by atoms with E-state index in [1.165, 1.54) is 0 Å². The van der Waals surface area contributed by atoms with Crippen LogP contribution in [-0.4, -0.2) is 16.6 Å². The van der Waals surface area contributed by atoms with Crippen LogP contribution in [-0.2, 0) is 6.42 Å². The summed E-state index contributed by atoms with van der Waals surface area (Å²) in [5.41, 5.74) is 0.793. The average Bonchev–Trinajstić information content (AvgIpc) is 2.17. The van der Waals surface area contributed by atoms with Crippen molar-refractivity contribution in [3.63, 3.8) is 0 Å². The molecule has 1 aromatic heterocycles. The number of halogens is 2. The van der Waals surface area contributed by atoms with E-state index in [0.717, 1.165) is 9.53 Å². The van der Waals surface area contributed by atoms with Gasteiger partial charge in [0.15, 0.2) is 3.83 Å². The Labute approximate surface area is 66.0 Å². The van der Waals surface area contributed by atoms with E-state index < -0.39 is 0 Å². The van der Waals surface area contributed by atoms with Crippen molar-refractivity contribution in [1.29, 1.82) is 0 Å². The molecule has 1 rings (SSSR count). The van der Waals surface area contributed by atoms with Gasteiger partial charge < -0.3 is 4.98 Å². The number of imidazole rings is 1. The molecule has 0 saturated carbocycles. The molecule has 0 unspecified atom stereocenters. The van der Waals surface area contributed by atoms with Gasteiger partial charge in [-0.05, 0) is 22.6 Å². The van der Waals surface area contributed by atoms with Gasteiger partial charge in [0.05, 0.1) is 12.4 Å². The molecule has 4 heteroatoms. The summed E-state index contributed by atoms with van der Waals surface area (Å²) < 4.78 is 12.4. The third-order valence-corrected chi connectivity index (χ3v) is 1.50. The Kier molecular flexibility index (Phi) is 2.44. The maximum Gasteiger partial charge on any atom is 0.168 e. The lowest BCUT2D eigenvalue weighted by molar-refractivity contribution is 0.492. The number of aryl methyl sites for hydroxylation is 1. The standard InChI is InChI=1S/C5H6FIN2/c6-2-1-4-3-8-5(7)9-4/h3H,1-2H2,(H,8,9). The molecule has 0 saturated heterocycles. The van der Waals surface area contributed by atoms with Crippen molar-refractivity contribution >= 4 is 22.6 Å². The number of nitrogens with zero attached hydrogens (tertiary/aromatic N) is 1. The zero-order valence-electron chi connectivity index (χ0n) is 4.69. The maximum atomic E-state index is 11.6. The predicted molar refractivity (Wildman–Crippen MR) is 41.0 cm³/mol. The lowest BCUT2D eigenvalue weighted by atomic mass is 10.4. The third kappa shape index (κ3) is 1.92. The van der Waals surface area contributed by atoms with Gasteiger partial charge >= 0.3 is 0 Å². The summed E-state index contributed by atoms with van der Waals surface area (Å²) in [7, 11) is 0. The fourth-order valence-corrected chi connectivity index (χ4v) is 1.02. The van der Waals surface area contributed by atoms with Gasteiger partial charge in [-0.25, -0.2) is 4.98 Å². The second kappa shape index (κ2) is 3.14. The van der Waals surface area contributed by atoms with Crippen molar-refractivity contribution in [3.8, 4) is 0 Å². The SMILES string of the molecule is FCCc1c[nH]c(I)n1. The van der Waals surface area contributed by atoms with Gasteiger partial charge in [0.2, 0.25) is 0 Å². The fraction of sp³-hybridized carbons (Fsp3) is 0.400. The number of hydrogen-bond acceptors (Lipinski definition) is 1. The van der Waals surface area contributed by atoms with Crippen LogP contribution in [0.2, 0.25) is 0 Å².